The van der Waals surface area contributed by atoms with Crippen molar-refractivity contribution in [1.82, 2.24) is 5.32 Å². The summed E-state index contributed by atoms with van der Waals surface area (Å²) in [6, 6.07) is 5.35. The lowest BCUT2D eigenvalue weighted by Gasteiger charge is -2.44. The Morgan fingerprint density at radius 1 is 1.20 bits per heavy atom. The molecule has 0 aromatic heterocycles. The van der Waals surface area contributed by atoms with Crippen LogP contribution < -0.4 is 5.32 Å². The number of halogens is 2. The van der Waals surface area contributed by atoms with Gasteiger partial charge in [-0.05, 0) is 37.6 Å². The summed E-state index contributed by atoms with van der Waals surface area (Å²) < 4.78 is 0. The van der Waals surface area contributed by atoms with Crippen LogP contribution in [0.15, 0.2) is 18.2 Å². The van der Waals surface area contributed by atoms with E-state index in [9.17, 15) is 4.79 Å². The quantitative estimate of drug-likeness (QED) is 0.755. The molecular formula is C11H11Cl2NO. The molecule has 2 nitrogen and oxygen atoms in total. The number of β-lactam (4-membered cyclic amide) rings is 1. The number of amides is 1. The van der Waals surface area contributed by atoms with Crippen molar-refractivity contribution >= 4 is 29.1 Å². The van der Waals surface area contributed by atoms with Gasteiger partial charge in [-0.1, -0.05) is 23.2 Å². The van der Waals surface area contributed by atoms with Gasteiger partial charge in [-0.2, -0.15) is 0 Å². The van der Waals surface area contributed by atoms with Gasteiger partial charge in [-0.15, -0.1) is 0 Å². The van der Waals surface area contributed by atoms with E-state index in [2.05, 4.69) is 5.32 Å². The van der Waals surface area contributed by atoms with Crippen molar-refractivity contribution < 1.29 is 4.79 Å². The second kappa shape index (κ2) is 3.39. The summed E-state index contributed by atoms with van der Waals surface area (Å²) in [5.74, 6) is 0.0589. The first-order valence-corrected chi connectivity index (χ1v) is 5.44. The molecule has 1 unspecified atom stereocenters. The lowest BCUT2D eigenvalue weighted by Crippen LogP contribution is -2.57. The first-order chi connectivity index (χ1) is 6.91. The zero-order chi connectivity index (χ0) is 11.2. The van der Waals surface area contributed by atoms with Crippen LogP contribution in [0.25, 0.3) is 0 Å². The Labute approximate surface area is 98.6 Å². The lowest BCUT2D eigenvalue weighted by atomic mass is 9.73. The molecule has 1 aromatic carbocycles. The van der Waals surface area contributed by atoms with Crippen molar-refractivity contribution in [3.05, 3.63) is 33.8 Å². The van der Waals surface area contributed by atoms with Gasteiger partial charge in [0, 0.05) is 10.0 Å². The van der Waals surface area contributed by atoms with E-state index < -0.39 is 0 Å². The molecule has 1 saturated heterocycles. The van der Waals surface area contributed by atoms with Crippen LogP contribution in [0, 0.1) is 5.41 Å². The largest absolute Gasteiger partial charge is 0.348 e. The number of hydrogen-bond acceptors (Lipinski definition) is 1. The van der Waals surface area contributed by atoms with Gasteiger partial charge in [0.2, 0.25) is 5.91 Å². The van der Waals surface area contributed by atoms with Crippen molar-refractivity contribution in [1.29, 1.82) is 0 Å². The van der Waals surface area contributed by atoms with Crippen molar-refractivity contribution in [3.8, 4) is 0 Å². The van der Waals surface area contributed by atoms with Crippen LogP contribution in [0.2, 0.25) is 10.0 Å². The maximum atomic E-state index is 11.3. The van der Waals surface area contributed by atoms with E-state index in [-0.39, 0.29) is 17.4 Å². The van der Waals surface area contributed by atoms with E-state index in [1.54, 1.807) is 6.07 Å². The van der Waals surface area contributed by atoms with Crippen molar-refractivity contribution in [2.24, 2.45) is 5.41 Å². The van der Waals surface area contributed by atoms with Crippen LogP contribution in [0.1, 0.15) is 25.5 Å². The molecule has 1 aliphatic heterocycles. The van der Waals surface area contributed by atoms with Gasteiger partial charge in [0.25, 0.3) is 0 Å². The Balaban J connectivity index is 2.36. The first-order valence-electron chi connectivity index (χ1n) is 4.68. The number of rotatable bonds is 1. The van der Waals surface area contributed by atoms with Crippen molar-refractivity contribution in [2.45, 2.75) is 19.9 Å². The van der Waals surface area contributed by atoms with Crippen LogP contribution in [0.4, 0.5) is 0 Å². The van der Waals surface area contributed by atoms with E-state index in [1.165, 1.54) is 0 Å². The summed E-state index contributed by atoms with van der Waals surface area (Å²) in [6.45, 7) is 3.82. The highest BCUT2D eigenvalue weighted by atomic mass is 35.5. The molecule has 0 radical (unpaired) electrons. The minimum atomic E-state index is -0.381. The molecule has 0 saturated carbocycles. The SMILES string of the molecule is CC1(C)C(=O)NC1c1cc(Cl)cc(Cl)c1. The molecule has 2 rings (SSSR count). The highest BCUT2D eigenvalue weighted by Gasteiger charge is 2.47. The molecule has 1 amide bonds. The van der Waals surface area contributed by atoms with Gasteiger partial charge < -0.3 is 5.32 Å². The predicted octanol–water partition coefficient (Wildman–Crippen LogP) is 3.19. The Bertz CT molecular complexity index is 408. The Morgan fingerprint density at radius 3 is 2.13 bits per heavy atom. The van der Waals surface area contributed by atoms with E-state index >= 15 is 0 Å². The molecule has 0 spiro atoms. The van der Waals surface area contributed by atoms with E-state index in [4.69, 9.17) is 23.2 Å². The van der Waals surface area contributed by atoms with Crippen LogP contribution in [0.3, 0.4) is 0 Å². The summed E-state index contributed by atoms with van der Waals surface area (Å²) >= 11 is 11.8. The van der Waals surface area contributed by atoms with E-state index in [0.29, 0.717) is 10.0 Å². The van der Waals surface area contributed by atoms with Gasteiger partial charge in [0.05, 0.1) is 11.5 Å². The first kappa shape index (κ1) is 10.8. The van der Waals surface area contributed by atoms with Gasteiger partial charge in [0.1, 0.15) is 0 Å². The summed E-state index contributed by atoms with van der Waals surface area (Å²) in [4.78, 5) is 11.3. The number of hydrogen-bond donors (Lipinski definition) is 1. The fourth-order valence-electron chi connectivity index (χ4n) is 1.79. The lowest BCUT2D eigenvalue weighted by molar-refractivity contribution is -0.143. The molecule has 0 aliphatic carbocycles. The normalized spacial score (nSPS) is 23.2. The number of carbonyl (C=O) groups excluding carboxylic acids is 1. The fraction of sp³-hybridized carbons (Fsp3) is 0.364. The van der Waals surface area contributed by atoms with Crippen LogP contribution in [0.5, 0.6) is 0 Å². The summed E-state index contributed by atoms with van der Waals surface area (Å²) in [5.41, 5.74) is 0.575. The van der Waals surface area contributed by atoms with Crippen LogP contribution in [-0.2, 0) is 4.79 Å². The maximum absolute atomic E-state index is 11.3. The zero-order valence-electron chi connectivity index (χ0n) is 8.47. The maximum Gasteiger partial charge on any atom is 0.228 e. The van der Waals surface area contributed by atoms with Crippen molar-refractivity contribution in [2.75, 3.05) is 0 Å². The molecule has 1 aromatic rings. The molecule has 4 heteroatoms. The average molecular weight is 244 g/mol. The van der Waals surface area contributed by atoms with Crippen molar-refractivity contribution in [3.63, 3.8) is 0 Å². The molecule has 15 heavy (non-hydrogen) atoms. The summed E-state index contributed by atoms with van der Waals surface area (Å²) in [5, 5.41) is 4.03. The third-order valence-corrected chi connectivity index (χ3v) is 3.24. The highest BCUT2D eigenvalue weighted by molar-refractivity contribution is 6.34. The van der Waals surface area contributed by atoms with E-state index in [1.807, 2.05) is 26.0 Å². The highest BCUT2D eigenvalue weighted by Crippen LogP contribution is 2.42. The second-order valence-corrected chi connectivity index (χ2v) is 5.20. The third kappa shape index (κ3) is 1.72. The number of nitrogens with one attached hydrogen (secondary N) is 1. The minimum Gasteiger partial charge on any atom is -0.348 e. The Hall–Kier alpha value is -0.730. The fourth-order valence-corrected chi connectivity index (χ4v) is 2.34. The molecule has 0 bridgehead atoms. The van der Waals surface area contributed by atoms with E-state index in [0.717, 1.165) is 5.56 Å². The monoisotopic (exact) mass is 243 g/mol. The van der Waals surface area contributed by atoms with Gasteiger partial charge in [-0.3, -0.25) is 4.79 Å². The average Bonchev–Trinajstić information content (AvgIpc) is 2.12. The Kier molecular flexibility index (Phi) is 2.44. The topological polar surface area (TPSA) is 29.1 Å². The molecule has 80 valence electrons. The summed E-state index contributed by atoms with van der Waals surface area (Å²) in [7, 11) is 0. The zero-order valence-corrected chi connectivity index (χ0v) is 9.99. The standard InChI is InChI=1S/C11H11Cl2NO/c1-11(2)9(14-10(11)15)6-3-7(12)5-8(13)4-6/h3-5,9H,1-2H3,(H,14,15). The summed E-state index contributed by atoms with van der Waals surface area (Å²) in [6.07, 6.45) is 0. The third-order valence-electron chi connectivity index (χ3n) is 2.80. The van der Waals surface area contributed by atoms with Crippen LogP contribution >= 0.6 is 23.2 Å². The number of carbonyl (C=O) groups is 1. The molecule has 1 fully saturated rings. The minimum absolute atomic E-state index is 0.00111. The van der Waals surface area contributed by atoms with Gasteiger partial charge in [-0.25, -0.2) is 0 Å². The Morgan fingerprint density at radius 2 is 1.73 bits per heavy atom. The smallest absolute Gasteiger partial charge is 0.228 e. The van der Waals surface area contributed by atoms with Gasteiger partial charge >= 0.3 is 0 Å². The molecule has 1 atom stereocenters. The molecular weight excluding hydrogens is 233 g/mol. The second-order valence-electron chi connectivity index (χ2n) is 4.33. The predicted molar refractivity (Wildman–Crippen MR) is 61.1 cm³/mol. The van der Waals surface area contributed by atoms with Gasteiger partial charge in [0.15, 0.2) is 0 Å². The van der Waals surface area contributed by atoms with Crippen LogP contribution in [-0.4, -0.2) is 5.91 Å². The molecule has 1 heterocycles. The molecule has 1 N–H and O–H groups in total. The number of benzene rings is 1. The molecule has 1 aliphatic rings.